The van der Waals surface area contributed by atoms with Gasteiger partial charge in [-0.25, -0.2) is 9.97 Å². The molecule has 5 nitrogen and oxygen atoms in total. The summed E-state index contributed by atoms with van der Waals surface area (Å²) >= 11 is 0. The maximum absolute atomic E-state index is 12.5. The normalized spacial score (nSPS) is 14.2. The molecule has 0 aliphatic carbocycles. The van der Waals surface area contributed by atoms with Crippen LogP contribution in [0.1, 0.15) is 16.8 Å². The van der Waals surface area contributed by atoms with Crippen LogP contribution in [0.3, 0.4) is 0 Å². The number of carbonyl (C=O) groups is 1. The lowest BCUT2D eigenvalue weighted by atomic mass is 10.2. The molecule has 1 aliphatic heterocycles. The Labute approximate surface area is 111 Å². The molecule has 0 unspecified atom stereocenters. The van der Waals surface area contributed by atoms with Gasteiger partial charge in [-0.15, -0.1) is 0 Å². The van der Waals surface area contributed by atoms with Gasteiger partial charge in [-0.1, -0.05) is 12.1 Å². The minimum Gasteiger partial charge on any atom is -0.383 e. The molecule has 1 N–H and O–H groups in total. The number of fused-ring (bicyclic) bond motifs is 1. The van der Waals surface area contributed by atoms with Crippen LogP contribution in [-0.4, -0.2) is 29.0 Å². The maximum atomic E-state index is 12.5. The third-order valence-electron chi connectivity index (χ3n) is 3.12. The van der Waals surface area contributed by atoms with Crippen LogP contribution in [0.4, 0.5) is 11.4 Å². The van der Waals surface area contributed by atoms with Crippen LogP contribution < -0.4 is 10.2 Å². The molecule has 1 amide bonds. The van der Waals surface area contributed by atoms with Gasteiger partial charge in [0.2, 0.25) is 0 Å². The molecule has 0 radical (unpaired) electrons. The molecule has 0 bridgehead atoms. The summed E-state index contributed by atoms with van der Waals surface area (Å²) in [5.74, 6) is -0.0586. The van der Waals surface area contributed by atoms with E-state index in [1.165, 1.54) is 6.33 Å². The Morgan fingerprint density at radius 3 is 2.84 bits per heavy atom. The second-order valence-corrected chi connectivity index (χ2v) is 4.38. The first kappa shape index (κ1) is 11.6. The quantitative estimate of drug-likeness (QED) is 0.845. The molecule has 0 fully saturated rings. The number of para-hydroxylation sites is 2. The van der Waals surface area contributed by atoms with Gasteiger partial charge in [-0.2, -0.15) is 0 Å². The highest BCUT2D eigenvalue weighted by Gasteiger charge is 2.22. The van der Waals surface area contributed by atoms with Gasteiger partial charge in [0.1, 0.15) is 6.33 Å². The van der Waals surface area contributed by atoms with Gasteiger partial charge in [0.25, 0.3) is 5.91 Å². The summed E-state index contributed by atoms with van der Waals surface area (Å²) in [6.07, 6.45) is 5.44. The average Bonchev–Trinajstić information content (AvgIpc) is 2.70. The number of anilines is 2. The van der Waals surface area contributed by atoms with Crippen molar-refractivity contribution in [2.75, 3.05) is 23.3 Å². The number of aromatic nitrogens is 2. The number of carbonyl (C=O) groups excluding carboxylic acids is 1. The predicted molar refractivity (Wildman–Crippen MR) is 73.3 cm³/mol. The number of rotatable bonds is 1. The predicted octanol–water partition coefficient (Wildman–Crippen LogP) is 1.94. The van der Waals surface area contributed by atoms with Gasteiger partial charge < -0.3 is 10.2 Å². The summed E-state index contributed by atoms with van der Waals surface area (Å²) in [5.41, 5.74) is 2.42. The van der Waals surface area contributed by atoms with Gasteiger partial charge in [-0.05, 0) is 18.6 Å². The van der Waals surface area contributed by atoms with Crippen molar-refractivity contribution in [3.05, 3.63) is 48.5 Å². The molecule has 0 atom stereocenters. The van der Waals surface area contributed by atoms with E-state index in [4.69, 9.17) is 0 Å². The van der Waals surface area contributed by atoms with Crippen LogP contribution in [0.2, 0.25) is 0 Å². The van der Waals surface area contributed by atoms with E-state index in [2.05, 4.69) is 15.3 Å². The zero-order valence-corrected chi connectivity index (χ0v) is 10.4. The highest BCUT2D eigenvalue weighted by atomic mass is 16.2. The number of nitrogens with zero attached hydrogens (tertiary/aromatic N) is 3. The standard InChI is InChI=1S/C14H14N4O/c19-14(11-8-15-10-16-9-11)18-7-3-6-17-12-4-1-2-5-13(12)18/h1-2,4-5,8-10,17H,3,6-7H2. The van der Waals surface area contributed by atoms with Gasteiger partial charge in [0.15, 0.2) is 0 Å². The Balaban J connectivity index is 1.99. The van der Waals surface area contributed by atoms with E-state index in [0.29, 0.717) is 12.1 Å². The number of benzene rings is 1. The molecule has 3 rings (SSSR count). The smallest absolute Gasteiger partial charge is 0.261 e. The molecular weight excluding hydrogens is 240 g/mol. The van der Waals surface area contributed by atoms with E-state index in [1.54, 1.807) is 17.3 Å². The Kier molecular flexibility index (Phi) is 3.10. The van der Waals surface area contributed by atoms with Gasteiger partial charge in [-0.3, -0.25) is 4.79 Å². The molecule has 5 heteroatoms. The van der Waals surface area contributed by atoms with Crippen molar-refractivity contribution in [2.24, 2.45) is 0 Å². The Hall–Kier alpha value is -2.43. The molecule has 2 heterocycles. The summed E-state index contributed by atoms with van der Waals surface area (Å²) in [6, 6.07) is 7.84. The number of hydrogen-bond acceptors (Lipinski definition) is 4. The van der Waals surface area contributed by atoms with Crippen molar-refractivity contribution in [3.63, 3.8) is 0 Å². The first-order chi connectivity index (χ1) is 9.36. The lowest BCUT2D eigenvalue weighted by Gasteiger charge is -2.22. The second-order valence-electron chi connectivity index (χ2n) is 4.38. The monoisotopic (exact) mass is 254 g/mol. The van der Waals surface area contributed by atoms with Crippen LogP contribution in [0.15, 0.2) is 43.0 Å². The van der Waals surface area contributed by atoms with Crippen LogP contribution in [0.25, 0.3) is 0 Å². The van der Waals surface area contributed by atoms with Crippen molar-refractivity contribution in [3.8, 4) is 0 Å². The lowest BCUT2D eigenvalue weighted by Crippen LogP contribution is -2.31. The number of amides is 1. The molecule has 1 aromatic heterocycles. The van der Waals surface area contributed by atoms with Crippen molar-refractivity contribution in [1.82, 2.24) is 9.97 Å². The van der Waals surface area contributed by atoms with Crippen molar-refractivity contribution < 1.29 is 4.79 Å². The minimum atomic E-state index is -0.0586. The summed E-state index contributed by atoms with van der Waals surface area (Å²) < 4.78 is 0. The lowest BCUT2D eigenvalue weighted by molar-refractivity contribution is 0.0986. The van der Waals surface area contributed by atoms with E-state index in [-0.39, 0.29) is 5.91 Å². The van der Waals surface area contributed by atoms with E-state index < -0.39 is 0 Å². The van der Waals surface area contributed by atoms with Gasteiger partial charge in [0.05, 0.1) is 16.9 Å². The molecular formula is C14H14N4O. The number of nitrogens with one attached hydrogen (secondary N) is 1. The van der Waals surface area contributed by atoms with Crippen LogP contribution >= 0.6 is 0 Å². The van der Waals surface area contributed by atoms with Crippen molar-refractivity contribution in [1.29, 1.82) is 0 Å². The largest absolute Gasteiger partial charge is 0.383 e. The summed E-state index contributed by atoms with van der Waals surface area (Å²) in [4.78, 5) is 22.1. The average molecular weight is 254 g/mol. The summed E-state index contributed by atoms with van der Waals surface area (Å²) in [7, 11) is 0. The highest BCUT2D eigenvalue weighted by Crippen LogP contribution is 2.28. The topological polar surface area (TPSA) is 58.1 Å². The van der Waals surface area contributed by atoms with E-state index in [9.17, 15) is 4.79 Å². The maximum Gasteiger partial charge on any atom is 0.261 e. The van der Waals surface area contributed by atoms with Crippen molar-refractivity contribution in [2.45, 2.75) is 6.42 Å². The Morgan fingerprint density at radius 2 is 2.00 bits per heavy atom. The van der Waals surface area contributed by atoms with Gasteiger partial charge >= 0.3 is 0 Å². The third kappa shape index (κ3) is 2.27. The summed E-state index contributed by atoms with van der Waals surface area (Å²) in [6.45, 7) is 1.56. The van der Waals surface area contributed by atoms with E-state index in [1.807, 2.05) is 24.3 Å². The fraction of sp³-hybridized carbons (Fsp3) is 0.214. The van der Waals surface area contributed by atoms with E-state index >= 15 is 0 Å². The van der Waals surface area contributed by atoms with Crippen LogP contribution in [0.5, 0.6) is 0 Å². The second kappa shape index (κ2) is 5.06. The number of hydrogen-bond donors (Lipinski definition) is 1. The SMILES string of the molecule is O=C(c1cncnc1)N1CCCNc2ccccc21. The zero-order valence-electron chi connectivity index (χ0n) is 10.4. The first-order valence-electron chi connectivity index (χ1n) is 6.26. The molecule has 1 aliphatic rings. The van der Waals surface area contributed by atoms with Crippen LogP contribution in [0, 0.1) is 0 Å². The zero-order chi connectivity index (χ0) is 13.1. The van der Waals surface area contributed by atoms with E-state index in [0.717, 1.165) is 24.3 Å². The van der Waals surface area contributed by atoms with Crippen molar-refractivity contribution >= 4 is 17.3 Å². The molecule has 0 spiro atoms. The molecule has 19 heavy (non-hydrogen) atoms. The fourth-order valence-corrected chi connectivity index (χ4v) is 2.22. The molecule has 0 saturated carbocycles. The molecule has 96 valence electrons. The van der Waals surface area contributed by atoms with Crippen LogP contribution in [-0.2, 0) is 0 Å². The van der Waals surface area contributed by atoms with Gasteiger partial charge in [0, 0.05) is 25.5 Å². The fourth-order valence-electron chi connectivity index (χ4n) is 2.22. The molecule has 0 saturated heterocycles. The summed E-state index contributed by atoms with van der Waals surface area (Å²) in [5, 5.41) is 3.34. The molecule has 1 aromatic carbocycles. The third-order valence-corrected chi connectivity index (χ3v) is 3.12. The minimum absolute atomic E-state index is 0.0586. The highest BCUT2D eigenvalue weighted by molar-refractivity contribution is 6.07. The molecule has 2 aromatic rings. The Morgan fingerprint density at radius 1 is 1.21 bits per heavy atom. The Bertz CT molecular complexity index is 585. The first-order valence-corrected chi connectivity index (χ1v) is 6.26.